The second kappa shape index (κ2) is 4.28. The molecule has 2 aromatic rings. The molecule has 1 aromatic heterocycles. The zero-order valence-electron chi connectivity index (χ0n) is 8.48. The standard InChI is InChI=1S/C10H9FN2O3/c1-15-6-2-3-7(8(11)4-6)10-12-9(5-14)13-16-10/h2-4,14H,5H2,1H3. The SMILES string of the molecule is COc1ccc(-c2nc(CO)no2)c(F)c1. The van der Waals surface area contributed by atoms with Crippen LogP contribution in [0, 0.1) is 5.82 Å². The zero-order valence-corrected chi connectivity index (χ0v) is 8.48. The highest BCUT2D eigenvalue weighted by Gasteiger charge is 2.13. The average molecular weight is 224 g/mol. The Hall–Kier alpha value is -1.95. The number of ether oxygens (including phenoxy) is 1. The summed E-state index contributed by atoms with van der Waals surface area (Å²) >= 11 is 0. The van der Waals surface area contributed by atoms with E-state index in [-0.39, 0.29) is 23.9 Å². The molecular formula is C10H9FN2O3. The lowest BCUT2D eigenvalue weighted by Crippen LogP contribution is -1.89. The summed E-state index contributed by atoms with van der Waals surface area (Å²) in [4.78, 5) is 3.81. The van der Waals surface area contributed by atoms with Crippen LogP contribution in [0.15, 0.2) is 22.7 Å². The van der Waals surface area contributed by atoms with E-state index >= 15 is 0 Å². The minimum atomic E-state index is -0.521. The molecule has 84 valence electrons. The normalized spacial score (nSPS) is 10.4. The fourth-order valence-electron chi connectivity index (χ4n) is 1.22. The number of aliphatic hydroxyl groups excluding tert-OH is 1. The van der Waals surface area contributed by atoms with Crippen LogP contribution in [0.1, 0.15) is 5.82 Å². The van der Waals surface area contributed by atoms with Gasteiger partial charge in [-0.3, -0.25) is 0 Å². The fraction of sp³-hybridized carbons (Fsp3) is 0.200. The molecule has 1 heterocycles. The first kappa shape index (κ1) is 10.6. The first-order valence-electron chi connectivity index (χ1n) is 4.52. The van der Waals surface area contributed by atoms with Crippen molar-refractivity contribution >= 4 is 0 Å². The van der Waals surface area contributed by atoms with Gasteiger partial charge in [0.15, 0.2) is 5.82 Å². The van der Waals surface area contributed by atoms with E-state index in [2.05, 4.69) is 10.1 Å². The maximum Gasteiger partial charge on any atom is 0.260 e. The smallest absolute Gasteiger partial charge is 0.260 e. The van der Waals surface area contributed by atoms with Crippen molar-refractivity contribution in [2.45, 2.75) is 6.61 Å². The third-order valence-corrected chi connectivity index (χ3v) is 2.02. The van der Waals surface area contributed by atoms with Crippen molar-refractivity contribution in [3.8, 4) is 17.2 Å². The van der Waals surface area contributed by atoms with Crippen molar-refractivity contribution in [2.75, 3.05) is 7.11 Å². The summed E-state index contributed by atoms with van der Waals surface area (Å²) in [5.74, 6) is 0.0325. The minimum Gasteiger partial charge on any atom is -0.497 e. The summed E-state index contributed by atoms with van der Waals surface area (Å²) in [6.45, 7) is -0.346. The molecule has 2 rings (SSSR count). The van der Waals surface area contributed by atoms with E-state index in [1.54, 1.807) is 6.07 Å². The number of methoxy groups -OCH3 is 1. The Morgan fingerprint density at radius 1 is 1.50 bits per heavy atom. The number of nitrogens with zero attached hydrogens (tertiary/aromatic N) is 2. The van der Waals surface area contributed by atoms with Gasteiger partial charge in [0, 0.05) is 6.07 Å². The van der Waals surface area contributed by atoms with E-state index in [9.17, 15) is 4.39 Å². The highest BCUT2D eigenvalue weighted by atomic mass is 19.1. The van der Waals surface area contributed by atoms with Gasteiger partial charge in [-0.15, -0.1) is 0 Å². The molecule has 5 nitrogen and oxygen atoms in total. The van der Waals surface area contributed by atoms with Crippen LogP contribution in [0.25, 0.3) is 11.5 Å². The molecule has 0 aliphatic heterocycles. The van der Waals surface area contributed by atoms with E-state index in [0.29, 0.717) is 5.75 Å². The molecule has 1 N–H and O–H groups in total. The molecule has 0 fully saturated rings. The van der Waals surface area contributed by atoms with Crippen molar-refractivity contribution in [1.82, 2.24) is 10.1 Å². The van der Waals surface area contributed by atoms with Crippen LogP contribution in [0.2, 0.25) is 0 Å². The van der Waals surface area contributed by atoms with E-state index in [0.717, 1.165) is 0 Å². The van der Waals surface area contributed by atoms with Gasteiger partial charge in [-0.05, 0) is 12.1 Å². The Balaban J connectivity index is 2.40. The summed E-state index contributed by atoms with van der Waals surface area (Å²) in [5.41, 5.74) is 0.174. The number of benzene rings is 1. The molecule has 0 bridgehead atoms. The topological polar surface area (TPSA) is 68.4 Å². The summed E-state index contributed by atoms with van der Waals surface area (Å²) < 4.78 is 23.2. The van der Waals surface area contributed by atoms with Crippen molar-refractivity contribution in [3.63, 3.8) is 0 Å². The monoisotopic (exact) mass is 224 g/mol. The molecule has 16 heavy (non-hydrogen) atoms. The number of rotatable bonds is 3. The maximum atomic E-state index is 13.6. The van der Waals surface area contributed by atoms with E-state index < -0.39 is 5.82 Å². The van der Waals surface area contributed by atoms with Crippen LogP contribution in [0.4, 0.5) is 4.39 Å². The van der Waals surface area contributed by atoms with E-state index in [1.807, 2.05) is 0 Å². The second-order valence-electron chi connectivity index (χ2n) is 3.02. The molecule has 6 heteroatoms. The van der Waals surface area contributed by atoms with Gasteiger partial charge in [-0.2, -0.15) is 4.98 Å². The van der Waals surface area contributed by atoms with Gasteiger partial charge < -0.3 is 14.4 Å². The van der Waals surface area contributed by atoms with Crippen molar-refractivity contribution in [1.29, 1.82) is 0 Å². The minimum absolute atomic E-state index is 0.0317. The number of hydrogen-bond donors (Lipinski definition) is 1. The Kier molecular flexibility index (Phi) is 2.82. The van der Waals surface area contributed by atoms with Gasteiger partial charge in [0.25, 0.3) is 5.89 Å². The maximum absolute atomic E-state index is 13.6. The number of aliphatic hydroxyl groups is 1. The predicted molar refractivity (Wildman–Crippen MR) is 52.2 cm³/mol. The first-order chi connectivity index (χ1) is 7.74. The highest BCUT2D eigenvalue weighted by molar-refractivity contribution is 5.55. The molecule has 0 atom stereocenters. The number of aromatic nitrogens is 2. The third kappa shape index (κ3) is 1.87. The van der Waals surface area contributed by atoms with Gasteiger partial charge in [-0.1, -0.05) is 5.16 Å². The molecular weight excluding hydrogens is 215 g/mol. The van der Waals surface area contributed by atoms with Gasteiger partial charge in [-0.25, -0.2) is 4.39 Å². The second-order valence-corrected chi connectivity index (χ2v) is 3.02. The largest absolute Gasteiger partial charge is 0.497 e. The summed E-state index contributed by atoms with van der Waals surface area (Å²) in [6.07, 6.45) is 0. The molecule has 1 aromatic carbocycles. The average Bonchev–Trinajstić information content (AvgIpc) is 2.77. The summed E-state index contributed by atoms with van der Waals surface area (Å²) in [6, 6.07) is 4.28. The van der Waals surface area contributed by atoms with Gasteiger partial charge in [0.05, 0.1) is 12.7 Å². The fourth-order valence-corrected chi connectivity index (χ4v) is 1.22. The number of hydrogen-bond acceptors (Lipinski definition) is 5. The molecule has 0 aliphatic rings. The van der Waals surface area contributed by atoms with Crippen LogP contribution in [-0.4, -0.2) is 22.4 Å². The van der Waals surface area contributed by atoms with Crippen LogP contribution < -0.4 is 4.74 Å². The van der Waals surface area contributed by atoms with E-state index in [1.165, 1.54) is 19.2 Å². The van der Waals surface area contributed by atoms with Crippen LogP contribution in [-0.2, 0) is 6.61 Å². The lowest BCUT2D eigenvalue weighted by atomic mass is 10.2. The Bertz CT molecular complexity index is 499. The van der Waals surface area contributed by atoms with Crippen molar-refractivity contribution in [2.24, 2.45) is 0 Å². The molecule has 0 radical (unpaired) electrons. The molecule has 0 spiro atoms. The Morgan fingerprint density at radius 3 is 2.88 bits per heavy atom. The Labute approximate surface area is 90.5 Å². The highest BCUT2D eigenvalue weighted by Crippen LogP contribution is 2.24. The molecule has 0 amide bonds. The quantitative estimate of drug-likeness (QED) is 0.852. The van der Waals surface area contributed by atoms with Gasteiger partial charge in [0.2, 0.25) is 0 Å². The lowest BCUT2D eigenvalue weighted by molar-refractivity contribution is 0.264. The third-order valence-electron chi connectivity index (χ3n) is 2.02. The predicted octanol–water partition coefficient (Wildman–Crippen LogP) is 1.38. The van der Waals surface area contributed by atoms with Gasteiger partial charge in [0.1, 0.15) is 18.2 Å². The molecule has 0 saturated carbocycles. The number of halogens is 1. The van der Waals surface area contributed by atoms with E-state index in [4.69, 9.17) is 14.4 Å². The summed E-state index contributed by atoms with van der Waals surface area (Å²) in [5, 5.41) is 12.2. The van der Waals surface area contributed by atoms with Crippen LogP contribution >= 0.6 is 0 Å². The summed E-state index contributed by atoms with van der Waals surface area (Å²) in [7, 11) is 1.45. The van der Waals surface area contributed by atoms with Crippen LogP contribution in [0.5, 0.6) is 5.75 Å². The molecule has 0 saturated heterocycles. The molecule has 0 aliphatic carbocycles. The first-order valence-corrected chi connectivity index (χ1v) is 4.52. The zero-order chi connectivity index (χ0) is 11.5. The Morgan fingerprint density at radius 2 is 2.31 bits per heavy atom. The van der Waals surface area contributed by atoms with Gasteiger partial charge >= 0.3 is 0 Å². The van der Waals surface area contributed by atoms with Crippen molar-refractivity contribution in [3.05, 3.63) is 29.8 Å². The molecule has 0 unspecified atom stereocenters. The lowest BCUT2D eigenvalue weighted by Gasteiger charge is -2.01. The van der Waals surface area contributed by atoms with Crippen molar-refractivity contribution < 1.29 is 18.8 Å². The van der Waals surface area contributed by atoms with Crippen LogP contribution in [0.3, 0.4) is 0 Å².